The van der Waals surface area contributed by atoms with Gasteiger partial charge >= 0.3 is 6.18 Å². The van der Waals surface area contributed by atoms with Crippen molar-refractivity contribution in [2.24, 2.45) is 4.99 Å². The number of nitrogens with zero attached hydrogens (tertiary/aromatic N) is 2. The average molecular weight is 536 g/mol. The van der Waals surface area contributed by atoms with Crippen LogP contribution in [0.4, 0.5) is 13.2 Å². The zero-order valence-electron chi connectivity index (χ0n) is 21.3. The fraction of sp³-hybridized carbons (Fsp3) is 0.300. The van der Waals surface area contributed by atoms with E-state index in [0.717, 1.165) is 67.2 Å². The van der Waals surface area contributed by atoms with Gasteiger partial charge in [0.15, 0.2) is 5.78 Å². The quantitative estimate of drug-likeness (QED) is 0.430. The fourth-order valence-corrected chi connectivity index (χ4v) is 4.79. The van der Waals surface area contributed by atoms with Crippen LogP contribution in [0.1, 0.15) is 32.6 Å². The Kier molecular flexibility index (Phi) is 7.90. The second-order valence-corrected chi connectivity index (χ2v) is 9.62. The lowest BCUT2D eigenvalue weighted by molar-refractivity contribution is -0.137. The molecule has 0 saturated carbocycles. The third-order valence-corrected chi connectivity index (χ3v) is 6.96. The van der Waals surface area contributed by atoms with Crippen LogP contribution in [0.3, 0.4) is 0 Å². The number of Topliss-reactive ketones (excluding diaryl/α,β-unsaturated/α-hetero) is 1. The molecule has 2 aliphatic heterocycles. The third-order valence-electron chi connectivity index (χ3n) is 6.96. The minimum Gasteiger partial charge on any atom is -0.379 e. The van der Waals surface area contributed by atoms with E-state index >= 15 is 0 Å². The third kappa shape index (κ3) is 6.43. The summed E-state index contributed by atoms with van der Waals surface area (Å²) in [5.74, 6) is -0.552. The molecule has 2 aliphatic rings. The molecule has 6 nitrogen and oxygen atoms in total. The van der Waals surface area contributed by atoms with Gasteiger partial charge in [0.2, 0.25) is 0 Å². The highest BCUT2D eigenvalue weighted by Gasteiger charge is 2.31. The number of hydrogen-bond donors (Lipinski definition) is 1. The van der Waals surface area contributed by atoms with Gasteiger partial charge in [0.1, 0.15) is 5.71 Å². The van der Waals surface area contributed by atoms with Crippen molar-refractivity contribution in [1.29, 1.82) is 0 Å². The van der Waals surface area contributed by atoms with Crippen molar-refractivity contribution >= 4 is 17.4 Å². The van der Waals surface area contributed by atoms with E-state index in [4.69, 9.17) is 4.74 Å². The molecule has 1 fully saturated rings. The number of nitrogens with one attached hydrogen (secondary N) is 1. The number of benzene rings is 3. The Bertz CT molecular complexity index is 1390. The number of aliphatic imine (C=N–C) groups is 1. The molecule has 5 rings (SSSR count). The van der Waals surface area contributed by atoms with E-state index in [9.17, 15) is 22.8 Å². The van der Waals surface area contributed by atoms with Crippen molar-refractivity contribution in [3.8, 4) is 11.1 Å². The lowest BCUT2D eigenvalue weighted by atomic mass is 9.96. The van der Waals surface area contributed by atoms with E-state index in [1.54, 1.807) is 12.1 Å². The van der Waals surface area contributed by atoms with Gasteiger partial charge in [-0.25, -0.2) is 0 Å². The van der Waals surface area contributed by atoms with Crippen molar-refractivity contribution < 1.29 is 27.5 Å². The molecular weight excluding hydrogens is 507 g/mol. The van der Waals surface area contributed by atoms with Crippen LogP contribution in [0.15, 0.2) is 71.7 Å². The monoisotopic (exact) mass is 535 g/mol. The molecule has 0 aromatic heterocycles. The summed E-state index contributed by atoms with van der Waals surface area (Å²) in [4.78, 5) is 32.0. The van der Waals surface area contributed by atoms with Crippen LogP contribution >= 0.6 is 0 Å². The Morgan fingerprint density at radius 3 is 2.44 bits per heavy atom. The van der Waals surface area contributed by atoms with Gasteiger partial charge in [-0.15, -0.1) is 0 Å². The zero-order valence-corrected chi connectivity index (χ0v) is 21.3. The highest BCUT2D eigenvalue weighted by atomic mass is 19.4. The first-order chi connectivity index (χ1) is 18.8. The Morgan fingerprint density at radius 1 is 0.949 bits per heavy atom. The second kappa shape index (κ2) is 11.5. The number of amides is 1. The van der Waals surface area contributed by atoms with E-state index in [0.29, 0.717) is 24.4 Å². The number of carbonyl (C=O) groups is 2. The summed E-state index contributed by atoms with van der Waals surface area (Å²) in [5.41, 5.74) is 4.03. The van der Waals surface area contributed by atoms with E-state index in [1.165, 1.54) is 12.1 Å². The van der Waals surface area contributed by atoms with Gasteiger partial charge in [-0.05, 0) is 40.5 Å². The van der Waals surface area contributed by atoms with Crippen LogP contribution in [0.2, 0.25) is 0 Å². The molecule has 1 N–H and O–H groups in total. The van der Waals surface area contributed by atoms with Crippen LogP contribution in [-0.4, -0.2) is 61.7 Å². The molecule has 2 heterocycles. The van der Waals surface area contributed by atoms with E-state index in [1.807, 2.05) is 30.3 Å². The molecule has 9 heteroatoms. The van der Waals surface area contributed by atoms with Crippen LogP contribution in [0.5, 0.6) is 0 Å². The Hall–Kier alpha value is -3.82. The summed E-state index contributed by atoms with van der Waals surface area (Å²) in [5, 5.41) is 2.97. The number of ether oxygens (including phenoxy) is 1. The first-order valence-corrected chi connectivity index (χ1v) is 12.8. The second-order valence-electron chi connectivity index (χ2n) is 9.62. The molecule has 0 atom stereocenters. The first-order valence-electron chi connectivity index (χ1n) is 12.8. The first kappa shape index (κ1) is 26.8. The summed E-state index contributed by atoms with van der Waals surface area (Å²) in [6.07, 6.45) is -4.49. The Balaban J connectivity index is 1.19. The van der Waals surface area contributed by atoms with E-state index in [2.05, 4.69) is 15.2 Å². The molecular formula is C30H28F3N3O3. The maximum atomic E-state index is 13.0. The van der Waals surface area contributed by atoms with Crippen molar-refractivity contribution in [1.82, 2.24) is 10.2 Å². The van der Waals surface area contributed by atoms with Gasteiger partial charge in [0.25, 0.3) is 5.91 Å². The lowest BCUT2D eigenvalue weighted by Gasteiger charge is -2.26. The maximum Gasteiger partial charge on any atom is 0.416 e. The lowest BCUT2D eigenvalue weighted by Crippen LogP contribution is -2.42. The summed E-state index contributed by atoms with van der Waals surface area (Å²) in [6.45, 7) is 4.93. The van der Waals surface area contributed by atoms with Gasteiger partial charge < -0.3 is 10.1 Å². The number of fused-ring (bicyclic) bond motifs is 1. The van der Waals surface area contributed by atoms with Crippen molar-refractivity contribution in [3.63, 3.8) is 0 Å². The molecule has 1 amide bonds. The van der Waals surface area contributed by atoms with Gasteiger partial charge in [0.05, 0.1) is 25.3 Å². The number of alkyl halides is 3. The number of ketones is 1. The highest BCUT2D eigenvalue weighted by Crippen LogP contribution is 2.30. The number of rotatable bonds is 8. The molecule has 3 aromatic carbocycles. The maximum absolute atomic E-state index is 13.0. The number of morpholine rings is 1. The van der Waals surface area contributed by atoms with Crippen molar-refractivity contribution in [2.45, 2.75) is 19.1 Å². The minimum atomic E-state index is -4.49. The minimum absolute atomic E-state index is 0.00360. The molecule has 0 bridgehead atoms. The van der Waals surface area contributed by atoms with Gasteiger partial charge in [-0.1, -0.05) is 48.5 Å². The van der Waals surface area contributed by atoms with Crippen molar-refractivity contribution in [3.05, 3.63) is 94.5 Å². The smallest absolute Gasteiger partial charge is 0.379 e. The molecule has 0 unspecified atom stereocenters. The van der Waals surface area contributed by atoms with Crippen molar-refractivity contribution in [2.75, 3.05) is 39.4 Å². The van der Waals surface area contributed by atoms with Crippen LogP contribution in [-0.2, 0) is 28.7 Å². The predicted molar refractivity (Wildman–Crippen MR) is 142 cm³/mol. The molecule has 0 radical (unpaired) electrons. The van der Waals surface area contributed by atoms with Crippen LogP contribution in [0.25, 0.3) is 11.1 Å². The van der Waals surface area contributed by atoms with E-state index < -0.39 is 11.7 Å². The summed E-state index contributed by atoms with van der Waals surface area (Å²) >= 11 is 0. The fourth-order valence-electron chi connectivity index (χ4n) is 4.79. The standard InChI is InChI=1S/C30H28F3N3O3/c31-30(32,33)25-3-1-2-23(18-25)27(37)16-20-4-6-21(7-5-20)22-8-9-26-24(17-22)19-35-28(26)29(38)34-10-11-36-12-14-39-15-13-36/h1-9,17-18H,10-16,19H2,(H,34,38). The number of hydrogen-bond acceptors (Lipinski definition) is 5. The normalized spacial score (nSPS) is 15.5. The largest absolute Gasteiger partial charge is 0.416 e. The Labute approximate surface area is 224 Å². The number of halogens is 3. The van der Waals surface area contributed by atoms with Gasteiger partial charge in [0, 0.05) is 43.7 Å². The molecule has 202 valence electrons. The Morgan fingerprint density at radius 2 is 1.69 bits per heavy atom. The van der Waals surface area contributed by atoms with Gasteiger partial charge in [-0.3, -0.25) is 19.5 Å². The molecule has 39 heavy (non-hydrogen) atoms. The van der Waals surface area contributed by atoms with Crippen LogP contribution in [0, 0.1) is 0 Å². The molecule has 1 saturated heterocycles. The predicted octanol–water partition coefficient (Wildman–Crippen LogP) is 4.55. The van der Waals surface area contributed by atoms with Crippen LogP contribution < -0.4 is 5.32 Å². The summed E-state index contributed by atoms with van der Waals surface area (Å²) in [7, 11) is 0. The topological polar surface area (TPSA) is 71.0 Å². The molecule has 0 aliphatic carbocycles. The molecule has 3 aromatic rings. The summed E-state index contributed by atoms with van der Waals surface area (Å²) < 4.78 is 44.3. The summed E-state index contributed by atoms with van der Waals surface area (Å²) in [6, 6.07) is 17.7. The average Bonchev–Trinajstić information content (AvgIpc) is 3.37. The number of carbonyl (C=O) groups excluding carboxylic acids is 2. The zero-order chi connectivity index (χ0) is 27.4. The molecule has 0 spiro atoms. The highest BCUT2D eigenvalue weighted by molar-refractivity contribution is 6.46. The van der Waals surface area contributed by atoms with Gasteiger partial charge in [-0.2, -0.15) is 13.2 Å². The van der Waals surface area contributed by atoms with E-state index in [-0.39, 0.29) is 23.7 Å². The SMILES string of the molecule is O=C(NCCN1CCOCC1)C1=NCc2cc(-c3ccc(CC(=O)c4cccc(C(F)(F)F)c4)cc3)ccc21.